The minimum atomic E-state index is -3.47. The Balaban J connectivity index is 2.49. The van der Waals surface area contributed by atoms with Crippen molar-refractivity contribution in [2.75, 3.05) is 12.4 Å². The molecule has 17 heavy (non-hydrogen) atoms. The normalized spacial score (nSPS) is 13.6. The van der Waals surface area contributed by atoms with Gasteiger partial charge in [0, 0.05) is 23.6 Å². The Kier molecular flexibility index (Phi) is 5.27. The molecule has 0 saturated heterocycles. The van der Waals surface area contributed by atoms with Gasteiger partial charge in [-0.25, -0.2) is 8.42 Å². The molecule has 0 radical (unpaired) electrons. The zero-order valence-corrected chi connectivity index (χ0v) is 11.5. The summed E-state index contributed by atoms with van der Waals surface area (Å²) in [4.78, 5) is 0. The second kappa shape index (κ2) is 6.26. The molecule has 1 rings (SSSR count). The summed E-state index contributed by atoms with van der Waals surface area (Å²) in [5, 5.41) is 3.96. The van der Waals surface area contributed by atoms with E-state index in [4.69, 9.17) is 15.4 Å². The third-order valence-electron chi connectivity index (χ3n) is 2.30. The quantitative estimate of drug-likeness (QED) is 0.715. The number of hydrogen-bond acceptors (Lipinski definition) is 4. The van der Waals surface area contributed by atoms with Crippen molar-refractivity contribution in [2.45, 2.75) is 19.8 Å². The Morgan fingerprint density at radius 1 is 1.59 bits per heavy atom. The van der Waals surface area contributed by atoms with Gasteiger partial charge in [-0.05, 0) is 6.42 Å². The van der Waals surface area contributed by atoms with Crippen LogP contribution in [0, 0.1) is 5.92 Å². The standard InChI is InChI=1S/C10H17ClN2O3S/c1-3-4-9(8-17(11,14)15)7-16-10-5-12-13(2)6-10/h5-6,9H,3-4,7-8H2,1-2H3. The van der Waals surface area contributed by atoms with Gasteiger partial charge in [-0.3, -0.25) is 4.68 Å². The van der Waals surface area contributed by atoms with Gasteiger partial charge in [-0.2, -0.15) is 5.10 Å². The Morgan fingerprint density at radius 3 is 2.76 bits per heavy atom. The molecule has 5 nitrogen and oxygen atoms in total. The second-order valence-corrected chi connectivity index (χ2v) is 6.84. The van der Waals surface area contributed by atoms with Gasteiger partial charge < -0.3 is 4.74 Å². The third-order valence-corrected chi connectivity index (χ3v) is 3.55. The lowest BCUT2D eigenvalue weighted by molar-refractivity contribution is 0.253. The highest BCUT2D eigenvalue weighted by molar-refractivity contribution is 8.13. The van der Waals surface area contributed by atoms with E-state index in [1.807, 2.05) is 6.92 Å². The van der Waals surface area contributed by atoms with Crippen molar-refractivity contribution in [3.05, 3.63) is 12.4 Å². The van der Waals surface area contributed by atoms with Crippen molar-refractivity contribution in [2.24, 2.45) is 13.0 Å². The summed E-state index contributed by atoms with van der Waals surface area (Å²) in [6.45, 7) is 2.34. The highest BCUT2D eigenvalue weighted by atomic mass is 35.7. The van der Waals surface area contributed by atoms with E-state index in [2.05, 4.69) is 5.10 Å². The van der Waals surface area contributed by atoms with E-state index < -0.39 is 9.05 Å². The highest BCUT2D eigenvalue weighted by Crippen LogP contribution is 2.15. The fourth-order valence-corrected chi connectivity index (χ4v) is 2.95. The lowest BCUT2D eigenvalue weighted by Gasteiger charge is -2.14. The van der Waals surface area contributed by atoms with Crippen molar-refractivity contribution in [3.8, 4) is 5.75 Å². The van der Waals surface area contributed by atoms with Gasteiger partial charge in [0.1, 0.15) is 0 Å². The first-order chi connectivity index (χ1) is 7.90. The summed E-state index contributed by atoms with van der Waals surface area (Å²) in [6.07, 6.45) is 5.00. The molecule has 0 aliphatic rings. The Hall–Kier alpha value is -0.750. The van der Waals surface area contributed by atoms with E-state index in [0.717, 1.165) is 12.8 Å². The van der Waals surface area contributed by atoms with Gasteiger partial charge in [0.2, 0.25) is 9.05 Å². The zero-order valence-electron chi connectivity index (χ0n) is 9.97. The van der Waals surface area contributed by atoms with Gasteiger partial charge in [0.05, 0.1) is 24.8 Å². The average molecular weight is 281 g/mol. The van der Waals surface area contributed by atoms with Crippen LogP contribution in [-0.2, 0) is 16.1 Å². The average Bonchev–Trinajstić information content (AvgIpc) is 2.59. The second-order valence-electron chi connectivity index (χ2n) is 4.02. The molecule has 0 aliphatic heterocycles. The van der Waals surface area contributed by atoms with E-state index in [9.17, 15) is 8.42 Å². The van der Waals surface area contributed by atoms with Crippen LogP contribution < -0.4 is 4.74 Å². The molecule has 1 atom stereocenters. The van der Waals surface area contributed by atoms with Crippen molar-refractivity contribution in [1.29, 1.82) is 0 Å². The van der Waals surface area contributed by atoms with Crippen LogP contribution >= 0.6 is 10.7 Å². The van der Waals surface area contributed by atoms with Gasteiger partial charge in [-0.1, -0.05) is 13.3 Å². The van der Waals surface area contributed by atoms with Gasteiger partial charge in [-0.15, -0.1) is 0 Å². The largest absolute Gasteiger partial charge is 0.490 e. The number of rotatable bonds is 7. The summed E-state index contributed by atoms with van der Waals surface area (Å²) in [6, 6.07) is 0. The number of ether oxygens (including phenoxy) is 1. The van der Waals surface area contributed by atoms with E-state index >= 15 is 0 Å². The van der Waals surface area contributed by atoms with Crippen LogP contribution in [0.1, 0.15) is 19.8 Å². The third kappa shape index (κ3) is 5.93. The monoisotopic (exact) mass is 280 g/mol. The molecule has 0 aromatic carbocycles. The predicted molar refractivity (Wildman–Crippen MR) is 66.7 cm³/mol. The number of hydrogen-bond donors (Lipinski definition) is 0. The lowest BCUT2D eigenvalue weighted by atomic mass is 10.1. The molecular formula is C10H17ClN2O3S. The van der Waals surface area contributed by atoms with Crippen LogP contribution in [0.5, 0.6) is 5.75 Å². The molecule has 0 saturated carbocycles. The van der Waals surface area contributed by atoms with Crippen molar-refractivity contribution < 1.29 is 13.2 Å². The first kappa shape index (κ1) is 14.3. The molecular weight excluding hydrogens is 264 g/mol. The Labute approximate surface area is 106 Å². The summed E-state index contributed by atoms with van der Waals surface area (Å²) in [7, 11) is 3.57. The predicted octanol–water partition coefficient (Wildman–Crippen LogP) is 1.78. The van der Waals surface area contributed by atoms with E-state index in [0.29, 0.717) is 12.4 Å². The van der Waals surface area contributed by atoms with Crippen LogP contribution in [0.4, 0.5) is 0 Å². The maximum atomic E-state index is 11.0. The minimum Gasteiger partial charge on any atom is -0.490 e. The Morgan fingerprint density at radius 2 is 2.29 bits per heavy atom. The maximum absolute atomic E-state index is 11.0. The topological polar surface area (TPSA) is 61.2 Å². The molecule has 0 spiro atoms. The van der Waals surface area contributed by atoms with Gasteiger partial charge in [0.25, 0.3) is 0 Å². The molecule has 7 heteroatoms. The number of aromatic nitrogens is 2. The van der Waals surface area contributed by atoms with Crippen molar-refractivity contribution >= 4 is 19.7 Å². The molecule has 0 N–H and O–H groups in total. The number of halogens is 1. The summed E-state index contributed by atoms with van der Waals surface area (Å²) in [5.74, 6) is 0.506. The van der Waals surface area contributed by atoms with E-state index in [1.165, 1.54) is 0 Å². The fraction of sp³-hybridized carbons (Fsp3) is 0.700. The maximum Gasteiger partial charge on any atom is 0.232 e. The smallest absolute Gasteiger partial charge is 0.232 e. The van der Waals surface area contributed by atoms with Gasteiger partial charge in [0.15, 0.2) is 5.75 Å². The van der Waals surface area contributed by atoms with Crippen molar-refractivity contribution in [1.82, 2.24) is 9.78 Å². The molecule has 1 unspecified atom stereocenters. The summed E-state index contributed by atoms with van der Waals surface area (Å²) >= 11 is 0. The molecule has 0 aliphatic carbocycles. The zero-order chi connectivity index (χ0) is 12.9. The molecule has 98 valence electrons. The fourth-order valence-electron chi connectivity index (χ4n) is 1.59. The van der Waals surface area contributed by atoms with Crippen LogP contribution in [0.15, 0.2) is 12.4 Å². The highest BCUT2D eigenvalue weighted by Gasteiger charge is 2.17. The molecule has 1 aromatic rings. The Bertz CT molecular complexity index is 444. The molecule has 0 fully saturated rings. The minimum absolute atomic E-state index is 0.0529. The van der Waals surface area contributed by atoms with Crippen LogP contribution in [0.2, 0.25) is 0 Å². The number of aryl methyl sites for hydroxylation is 1. The van der Waals surface area contributed by atoms with Crippen LogP contribution in [0.3, 0.4) is 0 Å². The molecule has 0 amide bonds. The molecule has 0 bridgehead atoms. The van der Waals surface area contributed by atoms with Gasteiger partial charge >= 0.3 is 0 Å². The first-order valence-corrected chi connectivity index (χ1v) is 7.92. The SMILES string of the molecule is CCCC(COc1cnn(C)c1)CS(=O)(=O)Cl. The summed E-state index contributed by atoms with van der Waals surface area (Å²) in [5.41, 5.74) is 0. The molecule has 1 heterocycles. The van der Waals surface area contributed by atoms with Crippen LogP contribution in [0.25, 0.3) is 0 Å². The molecule has 1 aromatic heterocycles. The van der Waals surface area contributed by atoms with Crippen molar-refractivity contribution in [3.63, 3.8) is 0 Å². The first-order valence-electron chi connectivity index (χ1n) is 5.44. The lowest BCUT2D eigenvalue weighted by Crippen LogP contribution is -2.19. The van der Waals surface area contributed by atoms with E-state index in [1.54, 1.807) is 24.1 Å². The summed E-state index contributed by atoms with van der Waals surface area (Å²) < 4.78 is 29.2. The van der Waals surface area contributed by atoms with E-state index in [-0.39, 0.29) is 11.7 Å². The number of nitrogens with zero attached hydrogens (tertiary/aromatic N) is 2. The van der Waals surface area contributed by atoms with Crippen LogP contribution in [-0.4, -0.2) is 30.6 Å².